The van der Waals surface area contributed by atoms with Gasteiger partial charge in [-0.05, 0) is 40.0 Å². The molecule has 17 heavy (non-hydrogen) atoms. The molecule has 0 unspecified atom stereocenters. The molecule has 0 amide bonds. The maximum atomic E-state index is 12.1. The SMILES string of the molecule is COC(=O)Cc1cc(C)c(OC(F)F)c(Br)c1. The predicted molar refractivity (Wildman–Crippen MR) is 61.2 cm³/mol. The first-order valence-electron chi connectivity index (χ1n) is 4.74. The van der Waals surface area contributed by atoms with E-state index in [1.165, 1.54) is 7.11 Å². The molecular formula is C11H11BrF2O3. The monoisotopic (exact) mass is 308 g/mol. The number of carbonyl (C=O) groups excluding carboxylic acids is 1. The van der Waals surface area contributed by atoms with Gasteiger partial charge in [-0.3, -0.25) is 4.79 Å². The van der Waals surface area contributed by atoms with E-state index < -0.39 is 6.61 Å². The summed E-state index contributed by atoms with van der Waals surface area (Å²) in [6.45, 7) is -1.25. The second-order valence-electron chi connectivity index (χ2n) is 3.36. The zero-order valence-corrected chi connectivity index (χ0v) is 10.9. The molecule has 3 nitrogen and oxygen atoms in total. The summed E-state index contributed by atoms with van der Waals surface area (Å²) >= 11 is 3.13. The van der Waals surface area contributed by atoms with Crippen LogP contribution in [0.2, 0.25) is 0 Å². The number of aryl methyl sites for hydroxylation is 1. The summed E-state index contributed by atoms with van der Waals surface area (Å²) in [7, 11) is 1.29. The first-order valence-corrected chi connectivity index (χ1v) is 5.54. The van der Waals surface area contributed by atoms with Crippen molar-refractivity contribution < 1.29 is 23.0 Å². The Balaban J connectivity index is 2.96. The van der Waals surface area contributed by atoms with Crippen LogP contribution in [-0.4, -0.2) is 19.7 Å². The fraction of sp³-hybridized carbons (Fsp3) is 0.364. The zero-order valence-electron chi connectivity index (χ0n) is 9.30. The van der Waals surface area contributed by atoms with E-state index in [2.05, 4.69) is 25.4 Å². The molecule has 0 heterocycles. The molecule has 0 aliphatic rings. The van der Waals surface area contributed by atoms with Gasteiger partial charge in [-0.2, -0.15) is 8.78 Å². The Labute approximate surface area is 106 Å². The summed E-state index contributed by atoms with van der Waals surface area (Å²) in [6.07, 6.45) is 0.0882. The highest BCUT2D eigenvalue weighted by atomic mass is 79.9. The van der Waals surface area contributed by atoms with E-state index >= 15 is 0 Å². The Morgan fingerprint density at radius 1 is 1.47 bits per heavy atom. The average molecular weight is 309 g/mol. The molecule has 0 spiro atoms. The van der Waals surface area contributed by atoms with Gasteiger partial charge in [0, 0.05) is 0 Å². The van der Waals surface area contributed by atoms with E-state index in [0.717, 1.165) is 0 Å². The molecule has 0 fully saturated rings. The normalized spacial score (nSPS) is 10.5. The van der Waals surface area contributed by atoms with Gasteiger partial charge in [-0.15, -0.1) is 0 Å². The smallest absolute Gasteiger partial charge is 0.387 e. The zero-order chi connectivity index (χ0) is 13.0. The van der Waals surface area contributed by atoms with Gasteiger partial charge in [0.25, 0.3) is 0 Å². The van der Waals surface area contributed by atoms with E-state index in [-0.39, 0.29) is 18.1 Å². The van der Waals surface area contributed by atoms with Gasteiger partial charge in [-0.25, -0.2) is 0 Å². The molecule has 0 N–H and O–H groups in total. The maximum Gasteiger partial charge on any atom is 0.387 e. The summed E-state index contributed by atoms with van der Waals surface area (Å²) < 4.78 is 33.5. The minimum atomic E-state index is -2.88. The number of ether oxygens (including phenoxy) is 2. The van der Waals surface area contributed by atoms with Crippen LogP contribution in [0.3, 0.4) is 0 Å². The highest BCUT2D eigenvalue weighted by Crippen LogP contribution is 2.31. The minimum Gasteiger partial charge on any atom is -0.469 e. The van der Waals surface area contributed by atoms with Crippen molar-refractivity contribution in [3.8, 4) is 5.75 Å². The maximum absolute atomic E-state index is 12.1. The number of esters is 1. The fourth-order valence-corrected chi connectivity index (χ4v) is 2.08. The fourth-order valence-electron chi connectivity index (χ4n) is 1.38. The van der Waals surface area contributed by atoms with Crippen molar-refractivity contribution in [2.24, 2.45) is 0 Å². The second-order valence-corrected chi connectivity index (χ2v) is 4.21. The molecule has 0 saturated carbocycles. The van der Waals surface area contributed by atoms with Gasteiger partial charge in [0.15, 0.2) is 0 Å². The largest absolute Gasteiger partial charge is 0.469 e. The van der Waals surface area contributed by atoms with Crippen LogP contribution in [0.25, 0.3) is 0 Å². The molecule has 1 aromatic rings. The molecule has 0 aromatic heterocycles. The Morgan fingerprint density at radius 2 is 2.12 bits per heavy atom. The predicted octanol–water partition coefficient (Wildman–Crippen LogP) is 3.07. The standard InChI is InChI=1S/C11H11BrF2O3/c1-6-3-7(5-9(15)16-2)4-8(12)10(6)17-11(13)14/h3-4,11H,5H2,1-2H3. The van der Waals surface area contributed by atoms with E-state index in [9.17, 15) is 13.6 Å². The molecule has 0 aliphatic heterocycles. The number of benzene rings is 1. The lowest BCUT2D eigenvalue weighted by Crippen LogP contribution is -2.07. The van der Waals surface area contributed by atoms with Gasteiger partial charge >= 0.3 is 12.6 Å². The van der Waals surface area contributed by atoms with E-state index in [1.54, 1.807) is 19.1 Å². The van der Waals surface area contributed by atoms with Crippen LogP contribution < -0.4 is 4.74 Å². The van der Waals surface area contributed by atoms with E-state index in [1.807, 2.05) is 0 Å². The molecule has 0 bridgehead atoms. The number of rotatable bonds is 4. The van der Waals surface area contributed by atoms with Crippen molar-refractivity contribution in [1.29, 1.82) is 0 Å². The van der Waals surface area contributed by atoms with Gasteiger partial charge in [0.1, 0.15) is 5.75 Å². The van der Waals surface area contributed by atoms with Gasteiger partial charge < -0.3 is 9.47 Å². The van der Waals surface area contributed by atoms with Crippen molar-refractivity contribution in [2.75, 3.05) is 7.11 Å². The van der Waals surface area contributed by atoms with Crippen LogP contribution in [0.4, 0.5) is 8.78 Å². The summed E-state index contributed by atoms with van der Waals surface area (Å²) in [5, 5.41) is 0. The first-order chi connectivity index (χ1) is 7.93. The lowest BCUT2D eigenvalue weighted by atomic mass is 10.1. The van der Waals surface area contributed by atoms with Gasteiger partial charge in [-0.1, -0.05) is 6.07 Å². The number of carbonyl (C=O) groups is 1. The Hall–Kier alpha value is -1.17. The molecule has 1 rings (SSSR count). The van der Waals surface area contributed by atoms with Crippen LogP contribution >= 0.6 is 15.9 Å². The lowest BCUT2D eigenvalue weighted by molar-refractivity contribution is -0.139. The van der Waals surface area contributed by atoms with Crippen LogP contribution in [0.15, 0.2) is 16.6 Å². The Morgan fingerprint density at radius 3 is 2.59 bits per heavy atom. The van der Waals surface area contributed by atoms with Crippen molar-refractivity contribution in [1.82, 2.24) is 0 Å². The summed E-state index contributed by atoms with van der Waals surface area (Å²) in [5.41, 5.74) is 1.20. The van der Waals surface area contributed by atoms with E-state index in [4.69, 9.17) is 0 Å². The number of halogens is 3. The highest BCUT2D eigenvalue weighted by Gasteiger charge is 2.13. The number of hydrogen-bond donors (Lipinski definition) is 0. The van der Waals surface area contributed by atoms with Gasteiger partial charge in [0.05, 0.1) is 18.0 Å². The molecule has 1 aromatic carbocycles. The molecule has 0 saturated heterocycles. The van der Waals surface area contributed by atoms with Crippen LogP contribution in [0.1, 0.15) is 11.1 Å². The summed E-state index contributed by atoms with van der Waals surface area (Å²) in [6, 6.07) is 3.17. The highest BCUT2D eigenvalue weighted by molar-refractivity contribution is 9.10. The lowest BCUT2D eigenvalue weighted by Gasteiger charge is -2.11. The summed E-state index contributed by atoms with van der Waals surface area (Å²) in [5.74, 6) is -0.313. The van der Waals surface area contributed by atoms with Crippen LogP contribution in [0, 0.1) is 6.92 Å². The van der Waals surface area contributed by atoms with E-state index in [0.29, 0.717) is 15.6 Å². The summed E-state index contributed by atoms with van der Waals surface area (Å²) in [4.78, 5) is 11.1. The minimum absolute atomic E-state index is 0.0774. The van der Waals surface area contributed by atoms with Crippen LogP contribution in [0.5, 0.6) is 5.75 Å². The third-order valence-electron chi connectivity index (χ3n) is 2.07. The number of alkyl halides is 2. The van der Waals surface area contributed by atoms with Crippen molar-refractivity contribution in [2.45, 2.75) is 20.0 Å². The van der Waals surface area contributed by atoms with Crippen molar-refractivity contribution in [3.63, 3.8) is 0 Å². The second kappa shape index (κ2) is 5.95. The average Bonchev–Trinajstić information content (AvgIpc) is 2.23. The molecular weight excluding hydrogens is 298 g/mol. The van der Waals surface area contributed by atoms with Gasteiger partial charge in [0.2, 0.25) is 0 Å². The first kappa shape index (κ1) is 13.9. The topological polar surface area (TPSA) is 35.5 Å². The quantitative estimate of drug-likeness (QED) is 0.802. The Kier molecular flexibility index (Phi) is 4.86. The van der Waals surface area contributed by atoms with Crippen LogP contribution in [-0.2, 0) is 16.0 Å². The van der Waals surface area contributed by atoms with Crippen molar-refractivity contribution >= 4 is 21.9 Å². The third-order valence-corrected chi connectivity index (χ3v) is 2.66. The molecule has 0 radical (unpaired) electrons. The number of methoxy groups -OCH3 is 1. The van der Waals surface area contributed by atoms with Crippen molar-refractivity contribution in [3.05, 3.63) is 27.7 Å². The molecule has 94 valence electrons. The third kappa shape index (κ3) is 3.96. The molecule has 0 atom stereocenters. The Bertz CT molecular complexity index is 398. The number of hydrogen-bond acceptors (Lipinski definition) is 3. The molecule has 0 aliphatic carbocycles. The molecule has 6 heteroatoms.